The lowest BCUT2D eigenvalue weighted by Gasteiger charge is -2.22. The second-order valence-corrected chi connectivity index (χ2v) is 3.97. The van der Waals surface area contributed by atoms with Crippen LogP contribution in [-0.4, -0.2) is 34.8 Å². The zero-order chi connectivity index (χ0) is 10.7. The van der Waals surface area contributed by atoms with Crippen molar-refractivity contribution in [2.24, 2.45) is 12.8 Å². The van der Waals surface area contributed by atoms with E-state index in [0.29, 0.717) is 12.5 Å². The second-order valence-electron chi connectivity index (χ2n) is 3.97. The molecule has 2 heterocycles. The van der Waals surface area contributed by atoms with E-state index in [9.17, 15) is 0 Å². The van der Waals surface area contributed by atoms with Crippen molar-refractivity contribution in [1.82, 2.24) is 15.0 Å². The van der Waals surface area contributed by atoms with Crippen LogP contribution in [0.25, 0.3) is 0 Å². The highest BCUT2D eigenvalue weighted by molar-refractivity contribution is 5.16. The number of nitrogens with zero attached hydrogens (tertiary/aromatic N) is 3. The van der Waals surface area contributed by atoms with Gasteiger partial charge in [0.2, 0.25) is 0 Å². The molecule has 0 spiro atoms. The number of ether oxygens (including phenoxy) is 1. The largest absolute Gasteiger partial charge is 0.381 e. The van der Waals surface area contributed by atoms with Gasteiger partial charge >= 0.3 is 0 Å². The lowest BCUT2D eigenvalue weighted by atomic mass is 9.94. The van der Waals surface area contributed by atoms with Gasteiger partial charge in [0.05, 0.1) is 11.4 Å². The molecule has 0 amide bonds. The molecule has 0 bridgehead atoms. The average molecular weight is 210 g/mol. The van der Waals surface area contributed by atoms with E-state index < -0.39 is 0 Å². The van der Waals surface area contributed by atoms with Gasteiger partial charge in [-0.15, -0.1) is 5.10 Å². The van der Waals surface area contributed by atoms with Crippen LogP contribution in [0, 0.1) is 0 Å². The molecule has 5 nitrogen and oxygen atoms in total. The van der Waals surface area contributed by atoms with Crippen LogP contribution in [-0.2, 0) is 18.2 Å². The summed E-state index contributed by atoms with van der Waals surface area (Å²) in [4.78, 5) is 0. The molecular weight excluding hydrogens is 192 g/mol. The van der Waals surface area contributed by atoms with Crippen LogP contribution in [0.5, 0.6) is 0 Å². The number of hydrogen-bond donors (Lipinski definition) is 1. The van der Waals surface area contributed by atoms with E-state index in [1.807, 2.05) is 11.7 Å². The Labute approximate surface area is 89.6 Å². The van der Waals surface area contributed by atoms with E-state index in [4.69, 9.17) is 10.5 Å². The number of rotatable bonds is 3. The zero-order valence-electron chi connectivity index (χ0n) is 9.15. The Bertz CT molecular complexity index is 317. The molecule has 2 rings (SSSR count). The maximum Gasteiger partial charge on any atom is 0.0874 e. The Balaban J connectivity index is 2.19. The van der Waals surface area contributed by atoms with Gasteiger partial charge in [0, 0.05) is 32.6 Å². The van der Waals surface area contributed by atoms with E-state index in [1.165, 1.54) is 5.69 Å². The number of aromatic nitrogens is 3. The van der Waals surface area contributed by atoms with Gasteiger partial charge in [-0.1, -0.05) is 5.21 Å². The number of nitrogens with two attached hydrogens (primary N) is 1. The molecule has 2 N–H and O–H groups in total. The fourth-order valence-electron chi connectivity index (χ4n) is 2.19. The maximum absolute atomic E-state index is 5.57. The van der Waals surface area contributed by atoms with Crippen LogP contribution in [0.1, 0.15) is 30.1 Å². The van der Waals surface area contributed by atoms with Gasteiger partial charge in [-0.3, -0.25) is 4.68 Å². The summed E-state index contributed by atoms with van der Waals surface area (Å²) in [5.41, 5.74) is 7.88. The van der Waals surface area contributed by atoms with E-state index in [1.54, 1.807) is 0 Å². The van der Waals surface area contributed by atoms with E-state index >= 15 is 0 Å². The molecule has 0 radical (unpaired) electrons. The van der Waals surface area contributed by atoms with Crippen molar-refractivity contribution in [2.45, 2.75) is 25.2 Å². The quantitative estimate of drug-likeness (QED) is 0.774. The van der Waals surface area contributed by atoms with Crippen LogP contribution in [0.2, 0.25) is 0 Å². The topological polar surface area (TPSA) is 66.0 Å². The third-order valence-electron chi connectivity index (χ3n) is 2.93. The molecule has 1 aromatic rings. The standard InChI is InChI=1S/C10H18N4O/c1-14-10(8-3-6-15-7-4-8)9(2-5-11)12-13-14/h8H,2-7,11H2,1H3. The highest BCUT2D eigenvalue weighted by atomic mass is 16.5. The minimum absolute atomic E-state index is 0.542. The summed E-state index contributed by atoms with van der Waals surface area (Å²) in [6, 6.07) is 0. The lowest BCUT2D eigenvalue weighted by molar-refractivity contribution is 0.0835. The van der Waals surface area contributed by atoms with Crippen molar-refractivity contribution in [3.8, 4) is 0 Å². The van der Waals surface area contributed by atoms with E-state index in [2.05, 4.69) is 10.3 Å². The SMILES string of the molecule is Cn1nnc(CCN)c1C1CCOCC1. The van der Waals surface area contributed by atoms with Crippen molar-refractivity contribution >= 4 is 0 Å². The minimum Gasteiger partial charge on any atom is -0.381 e. The van der Waals surface area contributed by atoms with E-state index in [0.717, 1.165) is 38.2 Å². The van der Waals surface area contributed by atoms with Crippen molar-refractivity contribution in [2.75, 3.05) is 19.8 Å². The number of hydrogen-bond acceptors (Lipinski definition) is 4. The molecule has 1 aliphatic heterocycles. The monoisotopic (exact) mass is 210 g/mol. The van der Waals surface area contributed by atoms with Gasteiger partial charge in [0.25, 0.3) is 0 Å². The second kappa shape index (κ2) is 4.72. The Morgan fingerprint density at radius 1 is 1.47 bits per heavy atom. The minimum atomic E-state index is 0.542. The molecule has 0 unspecified atom stereocenters. The molecule has 0 aromatic carbocycles. The maximum atomic E-state index is 5.57. The highest BCUT2D eigenvalue weighted by Crippen LogP contribution is 2.28. The first-order valence-electron chi connectivity index (χ1n) is 5.49. The third-order valence-corrected chi connectivity index (χ3v) is 2.93. The summed E-state index contributed by atoms with van der Waals surface area (Å²) in [5.74, 6) is 0.542. The Morgan fingerprint density at radius 3 is 2.87 bits per heavy atom. The molecule has 5 heteroatoms. The first kappa shape index (κ1) is 10.6. The smallest absolute Gasteiger partial charge is 0.0874 e. The van der Waals surface area contributed by atoms with Crippen LogP contribution < -0.4 is 5.73 Å². The fourth-order valence-corrected chi connectivity index (χ4v) is 2.19. The molecule has 15 heavy (non-hydrogen) atoms. The van der Waals surface area contributed by atoms with Gasteiger partial charge < -0.3 is 10.5 Å². The number of aryl methyl sites for hydroxylation is 1. The molecule has 84 valence electrons. The van der Waals surface area contributed by atoms with Crippen molar-refractivity contribution < 1.29 is 4.74 Å². The van der Waals surface area contributed by atoms with Gasteiger partial charge in [0.15, 0.2) is 0 Å². The third kappa shape index (κ3) is 2.18. The van der Waals surface area contributed by atoms with E-state index in [-0.39, 0.29) is 0 Å². The normalized spacial score (nSPS) is 18.3. The Morgan fingerprint density at radius 2 is 2.20 bits per heavy atom. The summed E-state index contributed by atoms with van der Waals surface area (Å²) < 4.78 is 7.25. The predicted octanol–water partition coefficient (Wildman–Crippen LogP) is 0.210. The van der Waals surface area contributed by atoms with Crippen molar-refractivity contribution in [3.05, 3.63) is 11.4 Å². The average Bonchev–Trinajstić information content (AvgIpc) is 2.62. The van der Waals surface area contributed by atoms with Gasteiger partial charge in [0.1, 0.15) is 0 Å². The molecule has 0 atom stereocenters. The highest BCUT2D eigenvalue weighted by Gasteiger charge is 2.22. The van der Waals surface area contributed by atoms with Crippen LogP contribution >= 0.6 is 0 Å². The Kier molecular flexibility index (Phi) is 3.33. The summed E-state index contributed by atoms with van der Waals surface area (Å²) in [5, 5.41) is 8.25. The molecule has 1 aromatic heterocycles. The Hall–Kier alpha value is -0.940. The zero-order valence-corrected chi connectivity index (χ0v) is 9.15. The van der Waals surface area contributed by atoms with Gasteiger partial charge in [-0.05, 0) is 19.4 Å². The molecule has 0 aliphatic carbocycles. The summed E-state index contributed by atoms with van der Waals surface area (Å²) in [6.07, 6.45) is 2.96. The van der Waals surface area contributed by atoms with Crippen LogP contribution in [0.3, 0.4) is 0 Å². The first-order chi connectivity index (χ1) is 7.33. The summed E-state index contributed by atoms with van der Waals surface area (Å²) in [7, 11) is 1.96. The molecule has 0 saturated carbocycles. The fraction of sp³-hybridized carbons (Fsp3) is 0.800. The van der Waals surface area contributed by atoms with Gasteiger partial charge in [-0.2, -0.15) is 0 Å². The predicted molar refractivity (Wildman–Crippen MR) is 56.6 cm³/mol. The molecule has 1 fully saturated rings. The van der Waals surface area contributed by atoms with Crippen LogP contribution in [0.15, 0.2) is 0 Å². The molecular formula is C10H18N4O. The van der Waals surface area contributed by atoms with Crippen LogP contribution in [0.4, 0.5) is 0 Å². The van der Waals surface area contributed by atoms with Crippen molar-refractivity contribution in [3.63, 3.8) is 0 Å². The van der Waals surface area contributed by atoms with Gasteiger partial charge in [-0.25, -0.2) is 0 Å². The summed E-state index contributed by atoms with van der Waals surface area (Å²) >= 11 is 0. The first-order valence-corrected chi connectivity index (χ1v) is 5.49. The molecule has 1 saturated heterocycles. The summed E-state index contributed by atoms with van der Waals surface area (Å²) in [6.45, 7) is 2.32. The lowest BCUT2D eigenvalue weighted by Crippen LogP contribution is -2.18. The van der Waals surface area contributed by atoms with Crippen molar-refractivity contribution in [1.29, 1.82) is 0 Å². The molecule has 1 aliphatic rings.